The van der Waals surface area contributed by atoms with E-state index in [-0.39, 0.29) is 10.9 Å². The summed E-state index contributed by atoms with van der Waals surface area (Å²) in [5.74, 6) is 0.0481. The van der Waals surface area contributed by atoms with Gasteiger partial charge in [0.15, 0.2) is 5.75 Å². The number of nitrogens with zero attached hydrogens (tertiary/aromatic N) is 3. The number of carbonyl (C=O) groups excluding carboxylic acids is 2. The van der Waals surface area contributed by atoms with E-state index in [2.05, 4.69) is 30.2 Å². The lowest BCUT2D eigenvalue weighted by atomic mass is 10.1. The minimum atomic E-state index is -1.46. The second-order valence-corrected chi connectivity index (χ2v) is 10.6. The number of hydrogen-bond donors (Lipinski definition) is 4. The summed E-state index contributed by atoms with van der Waals surface area (Å²) in [5, 5.41) is 19.3. The van der Waals surface area contributed by atoms with Crippen LogP contribution in [-0.2, 0) is 16.0 Å². The van der Waals surface area contributed by atoms with Crippen molar-refractivity contribution in [2.45, 2.75) is 12.5 Å². The summed E-state index contributed by atoms with van der Waals surface area (Å²) < 4.78 is 10.7. The van der Waals surface area contributed by atoms with Gasteiger partial charge in [-0.15, -0.1) is 0 Å². The summed E-state index contributed by atoms with van der Waals surface area (Å²) in [7, 11) is 1.28. The molecule has 46 heavy (non-hydrogen) atoms. The predicted molar refractivity (Wildman–Crippen MR) is 172 cm³/mol. The van der Waals surface area contributed by atoms with Gasteiger partial charge < -0.3 is 24.9 Å². The molecule has 0 fully saturated rings. The van der Waals surface area contributed by atoms with Crippen molar-refractivity contribution >= 4 is 53.1 Å². The van der Waals surface area contributed by atoms with Gasteiger partial charge in [0.05, 0.1) is 31.2 Å². The van der Waals surface area contributed by atoms with Crippen molar-refractivity contribution in [3.63, 3.8) is 0 Å². The summed E-state index contributed by atoms with van der Waals surface area (Å²) in [5.41, 5.74) is 3.73. The number of nitrogens with one attached hydrogen (secondary N) is 3. The lowest BCUT2D eigenvalue weighted by molar-refractivity contribution is -0.117. The van der Waals surface area contributed by atoms with Gasteiger partial charge in [0.25, 0.3) is 0 Å². The summed E-state index contributed by atoms with van der Waals surface area (Å²) in [4.78, 5) is 43.5. The molecule has 0 aliphatic heterocycles. The minimum absolute atomic E-state index is 0.0316. The lowest BCUT2D eigenvalue weighted by Gasteiger charge is -2.16. The number of ether oxygens (including phenoxy) is 2. The maximum absolute atomic E-state index is 13.3. The Labute approximate surface area is 272 Å². The van der Waals surface area contributed by atoms with Gasteiger partial charge in [0.2, 0.25) is 5.91 Å². The van der Waals surface area contributed by atoms with Crippen LogP contribution in [0.4, 0.5) is 15.3 Å². The highest BCUT2D eigenvalue weighted by Gasteiger charge is 2.21. The zero-order valence-corrected chi connectivity index (χ0v) is 25.6. The number of aromatic amines is 1. The average Bonchev–Trinajstić information content (AvgIpc) is 3.66. The molecule has 2 aromatic heterocycles. The number of aromatic nitrogens is 4. The van der Waals surface area contributed by atoms with Crippen LogP contribution < -0.4 is 15.4 Å². The van der Waals surface area contributed by atoms with Gasteiger partial charge in [-0.3, -0.25) is 10.1 Å². The fourth-order valence-corrected chi connectivity index (χ4v) is 4.94. The van der Waals surface area contributed by atoms with Crippen LogP contribution in [0, 0.1) is 0 Å². The third-order valence-corrected chi connectivity index (χ3v) is 7.12. The molecule has 5 aromatic rings. The molecule has 0 unspecified atom stereocenters. The monoisotopic (exact) mass is 660 g/mol. The molecule has 14 heteroatoms. The number of rotatable bonds is 10. The number of carboxylic acid groups (broad SMARTS) is 1. The molecule has 234 valence electrons. The van der Waals surface area contributed by atoms with E-state index in [1.807, 2.05) is 30.3 Å². The molecule has 0 aliphatic rings. The van der Waals surface area contributed by atoms with Crippen molar-refractivity contribution in [1.82, 2.24) is 25.1 Å². The number of amides is 2. The number of anilines is 1. The highest BCUT2D eigenvalue weighted by atomic mass is 35.5. The number of benzene rings is 3. The standard InChI is InChI=1S/C32H26Cl2N6O6/c1-45-31(42)36-23-11-7-20(8-12-23)28-29(34)39-30(38-28)25(15-19-5-3-2-4-6-19)37-27(41)14-9-21-16-22(33)10-13-26(21)40-18-24(17-35-40)46-32(43)44/h2-14,16-18,25H,15H2,1H3,(H,36,42)(H,37,41)(H,38,39)(H,43,44)/b14-9+/t25-/m0/s1. The highest BCUT2D eigenvalue weighted by Crippen LogP contribution is 2.30. The minimum Gasteiger partial charge on any atom is -0.453 e. The quantitative estimate of drug-likeness (QED) is 0.0927. The Morgan fingerprint density at radius 3 is 2.54 bits per heavy atom. The van der Waals surface area contributed by atoms with E-state index in [0.29, 0.717) is 45.5 Å². The molecule has 3 aromatic carbocycles. The molecular weight excluding hydrogens is 635 g/mol. The Bertz CT molecular complexity index is 1890. The molecule has 4 N–H and O–H groups in total. The van der Waals surface area contributed by atoms with Crippen LogP contribution in [0.3, 0.4) is 0 Å². The molecule has 0 radical (unpaired) electrons. The molecule has 0 aliphatic carbocycles. The van der Waals surface area contributed by atoms with Gasteiger partial charge in [-0.25, -0.2) is 19.3 Å². The Balaban J connectivity index is 1.39. The van der Waals surface area contributed by atoms with E-state index >= 15 is 0 Å². The SMILES string of the molecule is COC(=O)Nc1ccc(-c2nc([C@H](Cc3ccccc3)NC(=O)/C=C/c3cc(Cl)ccc3-n3cc(OC(=O)O)cn3)[nH]c2Cl)cc1. The van der Waals surface area contributed by atoms with Gasteiger partial charge in [0.1, 0.15) is 16.7 Å². The van der Waals surface area contributed by atoms with Crippen LogP contribution in [0.25, 0.3) is 23.0 Å². The summed E-state index contributed by atoms with van der Waals surface area (Å²) in [6.07, 6.45) is 3.93. The number of halogens is 2. The maximum Gasteiger partial charge on any atom is 0.511 e. The molecule has 0 bridgehead atoms. The lowest BCUT2D eigenvalue weighted by Crippen LogP contribution is -2.29. The topological polar surface area (TPSA) is 160 Å². The summed E-state index contributed by atoms with van der Waals surface area (Å²) >= 11 is 12.8. The van der Waals surface area contributed by atoms with Crippen molar-refractivity contribution in [3.05, 3.63) is 118 Å². The summed E-state index contributed by atoms with van der Waals surface area (Å²) in [6.45, 7) is 0. The normalized spacial score (nSPS) is 11.6. The van der Waals surface area contributed by atoms with Gasteiger partial charge in [-0.05, 0) is 48.4 Å². The molecule has 12 nitrogen and oxygen atoms in total. The Morgan fingerprint density at radius 1 is 1.07 bits per heavy atom. The molecule has 5 rings (SSSR count). The van der Waals surface area contributed by atoms with Gasteiger partial charge >= 0.3 is 12.2 Å². The van der Waals surface area contributed by atoms with Gasteiger partial charge in [0, 0.05) is 27.9 Å². The van der Waals surface area contributed by atoms with Crippen LogP contribution in [0.1, 0.15) is 23.0 Å². The third-order valence-electron chi connectivity index (χ3n) is 6.61. The van der Waals surface area contributed by atoms with Crippen molar-refractivity contribution in [2.75, 3.05) is 12.4 Å². The first-order valence-electron chi connectivity index (χ1n) is 13.7. The van der Waals surface area contributed by atoms with E-state index in [4.69, 9.17) is 33.3 Å². The number of H-pyrrole nitrogens is 1. The van der Waals surface area contributed by atoms with E-state index in [1.165, 1.54) is 30.3 Å². The largest absolute Gasteiger partial charge is 0.511 e. The Hall–Kier alpha value is -5.59. The summed E-state index contributed by atoms with van der Waals surface area (Å²) in [6, 6.07) is 20.9. The van der Waals surface area contributed by atoms with Crippen LogP contribution >= 0.6 is 23.2 Å². The fraction of sp³-hybridized carbons (Fsp3) is 0.0938. The Kier molecular flexibility index (Phi) is 10.0. The van der Waals surface area contributed by atoms with E-state index in [9.17, 15) is 14.4 Å². The van der Waals surface area contributed by atoms with Crippen molar-refractivity contribution in [1.29, 1.82) is 0 Å². The fourth-order valence-electron chi connectivity index (χ4n) is 4.52. The zero-order valence-electron chi connectivity index (χ0n) is 24.1. The molecule has 2 amide bonds. The second kappa shape index (κ2) is 14.5. The van der Waals surface area contributed by atoms with Crippen molar-refractivity contribution in [2.24, 2.45) is 0 Å². The zero-order chi connectivity index (χ0) is 32.6. The smallest absolute Gasteiger partial charge is 0.453 e. The van der Waals surface area contributed by atoms with E-state index < -0.39 is 24.2 Å². The molecule has 1 atom stereocenters. The van der Waals surface area contributed by atoms with Crippen LogP contribution in [-0.4, -0.2) is 50.1 Å². The number of carbonyl (C=O) groups is 3. The maximum atomic E-state index is 13.3. The number of methoxy groups -OCH3 is 1. The first-order chi connectivity index (χ1) is 22.2. The van der Waals surface area contributed by atoms with Crippen LogP contribution in [0.5, 0.6) is 5.75 Å². The van der Waals surface area contributed by atoms with Gasteiger partial charge in [-0.2, -0.15) is 5.10 Å². The molecule has 0 saturated carbocycles. The average molecular weight is 662 g/mol. The molecular formula is C32H26Cl2N6O6. The van der Waals surface area contributed by atoms with Crippen LogP contribution in [0.2, 0.25) is 10.2 Å². The highest BCUT2D eigenvalue weighted by molar-refractivity contribution is 6.32. The second-order valence-electron chi connectivity index (χ2n) is 9.75. The van der Waals surface area contributed by atoms with Crippen LogP contribution in [0.15, 0.2) is 91.3 Å². The first-order valence-corrected chi connectivity index (χ1v) is 14.4. The van der Waals surface area contributed by atoms with Gasteiger partial charge in [-0.1, -0.05) is 65.7 Å². The number of hydrogen-bond acceptors (Lipinski definition) is 7. The molecule has 0 saturated heterocycles. The third kappa shape index (κ3) is 8.11. The Morgan fingerprint density at radius 2 is 1.83 bits per heavy atom. The van der Waals surface area contributed by atoms with E-state index in [0.717, 1.165) is 5.56 Å². The van der Waals surface area contributed by atoms with Crippen molar-refractivity contribution < 1.29 is 29.0 Å². The van der Waals surface area contributed by atoms with Crippen molar-refractivity contribution in [3.8, 4) is 22.7 Å². The molecule has 0 spiro atoms. The van der Waals surface area contributed by atoms with E-state index in [1.54, 1.807) is 48.5 Å². The number of imidazole rings is 1. The predicted octanol–water partition coefficient (Wildman–Crippen LogP) is 6.92. The first kappa shape index (κ1) is 31.8. The molecule has 2 heterocycles.